The lowest BCUT2D eigenvalue weighted by atomic mass is 9.71. The molecule has 14 nitrogen and oxygen atoms in total. The van der Waals surface area contributed by atoms with Gasteiger partial charge in [0.1, 0.15) is 23.9 Å². The predicted octanol–water partition coefficient (Wildman–Crippen LogP) is 6.31. The number of likely N-dealkylation sites (N-methyl/N-ethyl adjacent to an activating group) is 1. The van der Waals surface area contributed by atoms with Gasteiger partial charge in [0.15, 0.2) is 5.78 Å². The number of rotatable bonds is 11. The number of carbonyl (C=O) groups is 5. The third kappa shape index (κ3) is 9.76. The number of amides is 3. The van der Waals surface area contributed by atoms with Gasteiger partial charge < -0.3 is 29.9 Å². The monoisotopic (exact) mass is 902 g/mol. The lowest BCUT2D eigenvalue weighted by Gasteiger charge is -2.40. The van der Waals surface area contributed by atoms with Crippen molar-refractivity contribution in [3.63, 3.8) is 0 Å². The molecule has 14 heteroatoms. The molecule has 66 heavy (non-hydrogen) atoms. The summed E-state index contributed by atoms with van der Waals surface area (Å²) in [6.45, 7) is 16.2. The normalized spacial score (nSPS) is 23.5. The van der Waals surface area contributed by atoms with Crippen LogP contribution in [0.1, 0.15) is 103 Å². The van der Waals surface area contributed by atoms with Crippen LogP contribution in [-0.4, -0.2) is 105 Å². The van der Waals surface area contributed by atoms with Crippen LogP contribution in [-0.2, 0) is 48.1 Å². The van der Waals surface area contributed by atoms with Crippen molar-refractivity contribution in [3.8, 4) is 28.1 Å². The summed E-state index contributed by atoms with van der Waals surface area (Å²) < 4.78 is 8.46. The highest BCUT2D eigenvalue weighted by Gasteiger charge is 2.43. The molecule has 4 N–H and O–H groups in total. The number of nitrogens with zero attached hydrogens (tertiary/aromatic N) is 4. The number of hydrogen-bond donors (Lipinski definition) is 4. The number of phenolic OH excluding ortho intramolecular Hbond substituents is 1. The van der Waals surface area contributed by atoms with Crippen LogP contribution >= 0.6 is 0 Å². The van der Waals surface area contributed by atoms with Gasteiger partial charge in [0.25, 0.3) is 5.91 Å². The molecule has 4 aromatic rings. The minimum atomic E-state index is -1.13. The Labute approximate surface area is 388 Å². The van der Waals surface area contributed by atoms with Crippen molar-refractivity contribution in [2.45, 2.75) is 130 Å². The summed E-state index contributed by atoms with van der Waals surface area (Å²) in [4.78, 5) is 75.7. The van der Waals surface area contributed by atoms with E-state index < -0.39 is 41.3 Å². The van der Waals surface area contributed by atoms with Crippen LogP contribution in [0.15, 0.2) is 54.7 Å². The molecule has 1 aliphatic carbocycles. The maximum atomic E-state index is 14.7. The van der Waals surface area contributed by atoms with E-state index >= 15 is 0 Å². The third-order valence-electron chi connectivity index (χ3n) is 14.0. The van der Waals surface area contributed by atoms with Crippen molar-refractivity contribution >= 4 is 40.4 Å². The molecule has 4 atom stereocenters. The summed E-state index contributed by atoms with van der Waals surface area (Å²) in [5.74, 6) is -1.60. The minimum Gasteiger partial charge on any atom is -0.508 e. The molecular formula is C52H67N7O7. The SMILES string of the molecule is CCn1c(-c2cccnc2C(C)C)c2c3cc(ccc31)-c1cc(O)cc(c1)C[C@H](NC(=O)[C@H](C(C)C)N(C)C(=O)C1CC(CC(=O)[C@@H]3CN3)C1)C(=O)N1CCC[C@H](N1)C(=O)OCC(C)(C)C2. The Bertz CT molecular complexity index is 2520. The molecule has 2 saturated heterocycles. The molecule has 2 aromatic carbocycles. The number of pyridine rings is 1. The second-order valence-electron chi connectivity index (χ2n) is 20.6. The fourth-order valence-electron chi connectivity index (χ4n) is 10.5. The zero-order chi connectivity index (χ0) is 47.2. The van der Waals surface area contributed by atoms with E-state index in [4.69, 9.17) is 9.72 Å². The quantitative estimate of drug-likeness (QED) is 0.0983. The summed E-state index contributed by atoms with van der Waals surface area (Å²) in [6.07, 6.45) is 5.08. The maximum absolute atomic E-state index is 14.7. The van der Waals surface area contributed by atoms with E-state index in [-0.39, 0.29) is 60.2 Å². The number of hydrazine groups is 1. The number of ether oxygens (including phenoxy) is 1. The van der Waals surface area contributed by atoms with Crippen molar-refractivity contribution in [1.82, 2.24) is 35.5 Å². The Morgan fingerprint density at radius 1 is 1.05 bits per heavy atom. The Morgan fingerprint density at radius 3 is 2.50 bits per heavy atom. The van der Waals surface area contributed by atoms with Gasteiger partial charge in [0.2, 0.25) is 11.8 Å². The molecule has 6 bridgehead atoms. The summed E-state index contributed by atoms with van der Waals surface area (Å²) in [5, 5.41) is 19.9. The van der Waals surface area contributed by atoms with Crippen LogP contribution in [0.5, 0.6) is 5.75 Å². The maximum Gasteiger partial charge on any atom is 0.324 e. The molecule has 3 amide bonds. The van der Waals surface area contributed by atoms with Gasteiger partial charge in [0, 0.05) is 73.5 Å². The van der Waals surface area contributed by atoms with Gasteiger partial charge >= 0.3 is 5.97 Å². The van der Waals surface area contributed by atoms with Crippen LogP contribution in [0, 0.1) is 23.2 Å². The van der Waals surface area contributed by atoms with Crippen LogP contribution in [0.3, 0.4) is 0 Å². The second-order valence-corrected chi connectivity index (χ2v) is 20.6. The number of aryl methyl sites for hydroxylation is 1. The lowest BCUT2D eigenvalue weighted by Crippen LogP contribution is -2.62. The van der Waals surface area contributed by atoms with Crippen molar-refractivity contribution in [3.05, 3.63) is 71.5 Å². The summed E-state index contributed by atoms with van der Waals surface area (Å²) in [5.41, 5.74) is 10.2. The second kappa shape index (κ2) is 18.9. The van der Waals surface area contributed by atoms with Crippen LogP contribution in [0.4, 0.5) is 0 Å². The van der Waals surface area contributed by atoms with Gasteiger partial charge in [0.05, 0.1) is 24.0 Å². The number of cyclic esters (lactones) is 1. The third-order valence-corrected chi connectivity index (χ3v) is 14.0. The Hall–Kier alpha value is -5.60. The molecule has 3 fully saturated rings. The molecule has 1 saturated carbocycles. The van der Waals surface area contributed by atoms with Gasteiger partial charge in [-0.2, -0.15) is 0 Å². The van der Waals surface area contributed by atoms with Crippen LogP contribution in [0.2, 0.25) is 0 Å². The Kier molecular flexibility index (Phi) is 13.5. The summed E-state index contributed by atoms with van der Waals surface area (Å²) >= 11 is 0. The molecule has 3 aliphatic heterocycles. The fraction of sp³-hybridized carbons (Fsp3) is 0.538. The van der Waals surface area contributed by atoms with Crippen molar-refractivity contribution < 1.29 is 33.8 Å². The number of phenols is 1. The van der Waals surface area contributed by atoms with Crippen LogP contribution in [0.25, 0.3) is 33.3 Å². The topological polar surface area (TPSA) is 185 Å². The zero-order valence-electron chi connectivity index (χ0n) is 39.8. The number of benzene rings is 2. The molecule has 0 unspecified atom stereocenters. The first-order valence-corrected chi connectivity index (χ1v) is 23.9. The van der Waals surface area contributed by atoms with E-state index in [0.717, 1.165) is 51.1 Å². The zero-order valence-corrected chi connectivity index (χ0v) is 39.8. The van der Waals surface area contributed by atoms with Crippen molar-refractivity contribution in [1.29, 1.82) is 0 Å². The van der Waals surface area contributed by atoms with Gasteiger partial charge in [-0.25, -0.2) is 5.43 Å². The number of Topliss-reactive ketones (excluding diaryl/α,β-unsaturated/α-hetero) is 1. The van der Waals surface area contributed by atoms with Gasteiger partial charge in [-0.1, -0.05) is 53.7 Å². The Balaban J connectivity index is 1.16. The molecule has 0 spiro atoms. The summed E-state index contributed by atoms with van der Waals surface area (Å²) in [7, 11) is 1.63. The first-order valence-electron chi connectivity index (χ1n) is 23.9. The molecular weight excluding hydrogens is 835 g/mol. The average Bonchev–Trinajstić information content (AvgIpc) is 4.08. The highest BCUT2D eigenvalue weighted by atomic mass is 16.5. The number of nitrogens with one attached hydrogen (secondary N) is 3. The van der Waals surface area contributed by atoms with Gasteiger partial charge in [-0.05, 0) is 115 Å². The van der Waals surface area contributed by atoms with Crippen molar-refractivity contribution in [2.24, 2.45) is 23.2 Å². The summed E-state index contributed by atoms with van der Waals surface area (Å²) in [6, 6.07) is 12.9. The lowest BCUT2D eigenvalue weighted by molar-refractivity contribution is -0.155. The number of ketones is 1. The highest BCUT2D eigenvalue weighted by molar-refractivity contribution is 5.96. The number of fused-ring (bicyclic) bond motifs is 6. The predicted molar refractivity (Wildman–Crippen MR) is 253 cm³/mol. The Morgan fingerprint density at radius 2 is 1.80 bits per heavy atom. The average molecular weight is 902 g/mol. The van der Waals surface area contributed by atoms with E-state index in [0.29, 0.717) is 57.2 Å². The number of hydrogen-bond acceptors (Lipinski definition) is 10. The minimum absolute atomic E-state index is 0.0119. The smallest absolute Gasteiger partial charge is 0.324 e. The van der Waals surface area contributed by atoms with Gasteiger partial charge in [-0.15, -0.1) is 0 Å². The highest BCUT2D eigenvalue weighted by Crippen LogP contribution is 2.43. The number of aromatic nitrogens is 2. The van der Waals surface area contributed by atoms with E-state index in [1.54, 1.807) is 19.2 Å². The standard InChI is InChI=1S/C52H67N7O7/c1-9-58-43-15-14-33-25-38(43)39(47(58)37-12-10-16-53-45(37)29(2)3)26-52(6,7)28-66-51(65)40-13-11-17-59(56-40)50(64)41(22-32-18-34(33)24-36(60)21-32)55-48(62)46(30(4)5)57(8)49(63)35-19-31(20-35)23-44(61)42-27-54-42/h10,12,14-16,18,21,24-25,29-31,35,40-42,46,54,56,60H,9,11,13,17,19-20,22-23,26-28H2,1-8H3,(H,55,62)/t31?,35?,40-,41-,42-,46-/m0/s1. The van der Waals surface area contributed by atoms with Crippen LogP contribution < -0.4 is 16.1 Å². The van der Waals surface area contributed by atoms with E-state index in [9.17, 15) is 29.1 Å². The fourth-order valence-corrected chi connectivity index (χ4v) is 10.5. The number of esters is 1. The largest absolute Gasteiger partial charge is 0.508 e. The molecule has 5 heterocycles. The first-order chi connectivity index (χ1) is 31.4. The molecule has 352 valence electrons. The number of carbonyl (C=O) groups excluding carboxylic acids is 5. The van der Waals surface area contributed by atoms with Gasteiger partial charge in [-0.3, -0.25) is 34.0 Å². The van der Waals surface area contributed by atoms with E-state index in [1.807, 2.05) is 38.2 Å². The van der Waals surface area contributed by atoms with E-state index in [1.165, 1.54) is 9.91 Å². The molecule has 4 aliphatic rings. The van der Waals surface area contributed by atoms with Crippen molar-refractivity contribution in [2.75, 3.05) is 26.7 Å². The number of aromatic hydroxyl groups is 1. The van der Waals surface area contributed by atoms with E-state index in [2.05, 4.69) is 73.4 Å². The molecule has 0 radical (unpaired) electrons. The first kappa shape index (κ1) is 46.9. The molecule has 2 aromatic heterocycles. The molecule has 8 rings (SSSR count).